The van der Waals surface area contributed by atoms with E-state index in [0.29, 0.717) is 13.1 Å². The second-order valence-corrected chi connectivity index (χ2v) is 6.64. The molecule has 1 aliphatic heterocycles. The van der Waals surface area contributed by atoms with Gasteiger partial charge in [-0.05, 0) is 50.5 Å². The fourth-order valence-corrected chi connectivity index (χ4v) is 2.97. The van der Waals surface area contributed by atoms with Crippen LogP contribution in [0.25, 0.3) is 0 Å². The molecule has 1 saturated heterocycles. The summed E-state index contributed by atoms with van der Waals surface area (Å²) in [6, 6.07) is 4.81. The van der Waals surface area contributed by atoms with Crippen molar-refractivity contribution in [2.45, 2.75) is 38.8 Å². The van der Waals surface area contributed by atoms with E-state index < -0.39 is 0 Å². The number of hydrogen-bond donors (Lipinski definition) is 2. The van der Waals surface area contributed by atoms with Gasteiger partial charge in [-0.2, -0.15) is 0 Å². The SMILES string of the molecule is CCNC(=NCc1cc(F)cc(Br)c1)NCC1(C)CCCO1.I. The summed E-state index contributed by atoms with van der Waals surface area (Å²) in [6.07, 6.45) is 2.15. The van der Waals surface area contributed by atoms with Crippen molar-refractivity contribution in [3.8, 4) is 0 Å². The predicted octanol–water partition coefficient (Wildman–Crippen LogP) is 3.83. The number of rotatable bonds is 5. The lowest BCUT2D eigenvalue weighted by molar-refractivity contribution is 0.0243. The van der Waals surface area contributed by atoms with Crippen molar-refractivity contribution in [1.82, 2.24) is 10.6 Å². The van der Waals surface area contributed by atoms with E-state index in [1.54, 1.807) is 0 Å². The zero-order chi connectivity index (χ0) is 16.0. The lowest BCUT2D eigenvalue weighted by Gasteiger charge is -2.24. The van der Waals surface area contributed by atoms with Crippen molar-refractivity contribution < 1.29 is 9.13 Å². The number of hydrogen-bond acceptors (Lipinski definition) is 2. The standard InChI is InChI=1S/C16H23BrFN3O.HI/c1-3-19-15(21-11-16(2)5-4-6-22-16)20-10-12-7-13(17)9-14(18)8-12;/h7-9H,3-6,10-11H2,1-2H3,(H2,19,20,21);1H. The smallest absolute Gasteiger partial charge is 0.191 e. The van der Waals surface area contributed by atoms with Gasteiger partial charge in [-0.15, -0.1) is 24.0 Å². The van der Waals surface area contributed by atoms with Crippen molar-refractivity contribution in [2.24, 2.45) is 4.99 Å². The Morgan fingerprint density at radius 1 is 1.39 bits per heavy atom. The largest absolute Gasteiger partial charge is 0.373 e. The quantitative estimate of drug-likeness (QED) is 0.367. The maximum atomic E-state index is 13.4. The highest BCUT2D eigenvalue weighted by atomic mass is 127. The van der Waals surface area contributed by atoms with Gasteiger partial charge in [-0.25, -0.2) is 9.38 Å². The lowest BCUT2D eigenvalue weighted by atomic mass is 10.0. The zero-order valence-electron chi connectivity index (χ0n) is 13.5. The highest BCUT2D eigenvalue weighted by Gasteiger charge is 2.29. The molecule has 0 radical (unpaired) electrons. The molecule has 0 bridgehead atoms. The molecule has 7 heteroatoms. The Morgan fingerprint density at radius 2 is 2.17 bits per heavy atom. The molecule has 0 saturated carbocycles. The van der Waals surface area contributed by atoms with Crippen LogP contribution in [0.15, 0.2) is 27.7 Å². The molecular formula is C16H24BrFIN3O. The lowest BCUT2D eigenvalue weighted by Crippen LogP contribution is -2.45. The molecule has 1 aliphatic rings. The topological polar surface area (TPSA) is 45.7 Å². The van der Waals surface area contributed by atoms with Gasteiger partial charge in [0.2, 0.25) is 0 Å². The van der Waals surface area contributed by atoms with Crippen LogP contribution in [0.4, 0.5) is 4.39 Å². The predicted molar refractivity (Wildman–Crippen MR) is 106 cm³/mol. The van der Waals surface area contributed by atoms with Gasteiger partial charge in [0.05, 0.1) is 12.1 Å². The first-order chi connectivity index (χ1) is 10.5. The van der Waals surface area contributed by atoms with Crippen LogP contribution in [0, 0.1) is 5.82 Å². The Hall–Kier alpha value is -0.410. The van der Waals surface area contributed by atoms with Gasteiger partial charge in [0.25, 0.3) is 0 Å². The molecule has 0 aromatic heterocycles. The summed E-state index contributed by atoms with van der Waals surface area (Å²) in [5, 5.41) is 6.51. The second kappa shape index (κ2) is 9.78. The normalized spacial score (nSPS) is 21.0. The molecule has 1 fully saturated rings. The Labute approximate surface area is 162 Å². The molecule has 2 N–H and O–H groups in total. The summed E-state index contributed by atoms with van der Waals surface area (Å²) in [5.41, 5.74) is 0.699. The Balaban J connectivity index is 0.00000264. The minimum Gasteiger partial charge on any atom is -0.373 e. The van der Waals surface area contributed by atoms with Gasteiger partial charge in [0, 0.05) is 24.2 Å². The average Bonchev–Trinajstić information content (AvgIpc) is 2.88. The number of nitrogens with zero attached hydrogens (tertiary/aromatic N) is 1. The Bertz CT molecular complexity index is 516. The van der Waals surface area contributed by atoms with Crippen molar-refractivity contribution in [3.63, 3.8) is 0 Å². The van der Waals surface area contributed by atoms with E-state index in [0.717, 1.165) is 42.0 Å². The summed E-state index contributed by atoms with van der Waals surface area (Å²) in [7, 11) is 0. The van der Waals surface area contributed by atoms with E-state index in [-0.39, 0.29) is 35.4 Å². The number of benzene rings is 1. The molecule has 0 aliphatic carbocycles. The Morgan fingerprint density at radius 3 is 2.78 bits per heavy atom. The van der Waals surface area contributed by atoms with E-state index >= 15 is 0 Å². The highest BCUT2D eigenvalue weighted by molar-refractivity contribution is 14.0. The van der Waals surface area contributed by atoms with Crippen LogP contribution < -0.4 is 10.6 Å². The summed E-state index contributed by atoms with van der Waals surface area (Å²) < 4.78 is 19.9. The van der Waals surface area contributed by atoms with Crippen LogP contribution in [0.2, 0.25) is 0 Å². The molecule has 130 valence electrons. The molecule has 1 aromatic rings. The molecule has 0 amide bonds. The van der Waals surface area contributed by atoms with E-state index in [1.165, 1.54) is 12.1 Å². The molecule has 0 spiro atoms. The third kappa shape index (κ3) is 6.93. The second-order valence-electron chi connectivity index (χ2n) is 5.73. The Kier molecular flexibility index (Phi) is 8.78. The van der Waals surface area contributed by atoms with Gasteiger partial charge < -0.3 is 15.4 Å². The van der Waals surface area contributed by atoms with Crippen molar-refractivity contribution in [3.05, 3.63) is 34.1 Å². The summed E-state index contributed by atoms with van der Waals surface area (Å²) in [4.78, 5) is 4.51. The molecule has 1 atom stereocenters. The van der Waals surface area contributed by atoms with E-state index in [4.69, 9.17) is 4.74 Å². The molecule has 4 nitrogen and oxygen atoms in total. The molecule has 23 heavy (non-hydrogen) atoms. The van der Waals surface area contributed by atoms with Gasteiger partial charge in [0.1, 0.15) is 5.82 Å². The molecule has 1 unspecified atom stereocenters. The van der Waals surface area contributed by atoms with Gasteiger partial charge in [-0.3, -0.25) is 0 Å². The van der Waals surface area contributed by atoms with Crippen molar-refractivity contribution in [1.29, 1.82) is 0 Å². The minimum absolute atomic E-state index is 0. The van der Waals surface area contributed by atoms with E-state index in [1.807, 2.05) is 13.0 Å². The molecule has 1 aromatic carbocycles. The fourth-order valence-electron chi connectivity index (χ4n) is 2.46. The number of ether oxygens (including phenoxy) is 1. The van der Waals surface area contributed by atoms with E-state index in [2.05, 4.69) is 38.5 Å². The average molecular weight is 500 g/mol. The summed E-state index contributed by atoms with van der Waals surface area (Å²) in [5.74, 6) is 0.462. The third-order valence-electron chi connectivity index (χ3n) is 3.62. The summed E-state index contributed by atoms with van der Waals surface area (Å²) in [6.45, 7) is 6.86. The van der Waals surface area contributed by atoms with Crippen LogP contribution in [0.5, 0.6) is 0 Å². The van der Waals surface area contributed by atoms with Crippen molar-refractivity contribution >= 4 is 45.9 Å². The van der Waals surface area contributed by atoms with Crippen LogP contribution in [0.3, 0.4) is 0 Å². The van der Waals surface area contributed by atoms with Gasteiger partial charge in [0.15, 0.2) is 5.96 Å². The van der Waals surface area contributed by atoms with Gasteiger partial charge >= 0.3 is 0 Å². The summed E-state index contributed by atoms with van der Waals surface area (Å²) >= 11 is 3.30. The maximum Gasteiger partial charge on any atom is 0.191 e. The van der Waals surface area contributed by atoms with Crippen molar-refractivity contribution in [2.75, 3.05) is 19.7 Å². The molecule has 1 heterocycles. The first kappa shape index (κ1) is 20.6. The number of halogens is 3. The fraction of sp³-hybridized carbons (Fsp3) is 0.562. The maximum absolute atomic E-state index is 13.4. The highest BCUT2D eigenvalue weighted by Crippen LogP contribution is 2.23. The monoisotopic (exact) mass is 499 g/mol. The van der Waals surface area contributed by atoms with E-state index in [9.17, 15) is 4.39 Å². The number of nitrogens with one attached hydrogen (secondary N) is 2. The van der Waals surface area contributed by atoms with Crippen LogP contribution >= 0.6 is 39.9 Å². The number of aliphatic imine (C=N–C) groups is 1. The number of guanidine groups is 1. The minimum atomic E-state index is -0.260. The molecule has 2 rings (SSSR count). The van der Waals surface area contributed by atoms with Crippen LogP contribution in [-0.4, -0.2) is 31.3 Å². The first-order valence-electron chi connectivity index (χ1n) is 7.62. The zero-order valence-corrected chi connectivity index (χ0v) is 17.4. The van der Waals surface area contributed by atoms with Crippen LogP contribution in [0.1, 0.15) is 32.3 Å². The van der Waals surface area contributed by atoms with Gasteiger partial charge in [-0.1, -0.05) is 15.9 Å². The molecular weight excluding hydrogens is 476 g/mol. The third-order valence-corrected chi connectivity index (χ3v) is 4.07. The first-order valence-corrected chi connectivity index (χ1v) is 8.41. The van der Waals surface area contributed by atoms with Crippen LogP contribution in [-0.2, 0) is 11.3 Å².